The predicted octanol–water partition coefficient (Wildman–Crippen LogP) is 2.61. The zero-order valence-electron chi connectivity index (χ0n) is 19.8. The molecule has 0 saturated carbocycles. The highest BCUT2D eigenvalue weighted by Gasteiger charge is 2.33. The van der Waals surface area contributed by atoms with Gasteiger partial charge in [-0.2, -0.15) is 0 Å². The molecule has 4 rings (SSSR count). The van der Waals surface area contributed by atoms with Crippen molar-refractivity contribution in [2.45, 2.75) is 70.6 Å². The molecule has 2 fully saturated rings. The molecule has 0 aliphatic carbocycles. The van der Waals surface area contributed by atoms with Crippen LogP contribution in [-0.4, -0.2) is 67.1 Å². The summed E-state index contributed by atoms with van der Waals surface area (Å²) in [7, 11) is 0. The summed E-state index contributed by atoms with van der Waals surface area (Å²) in [6.45, 7) is 6.68. The molecule has 1 aromatic heterocycles. The average molecular weight is 472 g/mol. The minimum atomic E-state index is -1.12. The zero-order chi connectivity index (χ0) is 24.6. The summed E-state index contributed by atoms with van der Waals surface area (Å²) in [5.74, 6) is 6.20. The van der Waals surface area contributed by atoms with Crippen LogP contribution in [0.3, 0.4) is 0 Å². The van der Waals surface area contributed by atoms with E-state index in [1.54, 1.807) is 23.1 Å². The van der Waals surface area contributed by atoms with Gasteiger partial charge in [0, 0.05) is 30.0 Å². The molecule has 9 nitrogen and oxygen atoms in total. The molecule has 0 spiro atoms. The lowest BCUT2D eigenvalue weighted by molar-refractivity contribution is -0.0305. The average Bonchev–Trinajstić information content (AvgIpc) is 3.02. The Hall–Kier alpha value is -2.93. The number of fused-ring (bicyclic) bond motifs is 1. The molecule has 184 valence electrons. The maximum atomic E-state index is 12.3. The van der Waals surface area contributed by atoms with Crippen LogP contribution in [0.5, 0.6) is 11.8 Å². The van der Waals surface area contributed by atoms with Gasteiger partial charge in [0.2, 0.25) is 11.8 Å². The maximum Gasteiger partial charge on any atom is 0.410 e. The number of nitrogens with zero attached hydrogens (tertiary/aromatic N) is 2. The molecular formula is C25H33N3O6. The van der Waals surface area contributed by atoms with Gasteiger partial charge in [-0.05, 0) is 58.6 Å². The Morgan fingerprint density at radius 3 is 2.44 bits per heavy atom. The minimum Gasteiger partial charge on any atom is -0.494 e. The number of hydrogen-bond acceptors (Lipinski definition) is 7. The van der Waals surface area contributed by atoms with Gasteiger partial charge in [-0.1, -0.05) is 17.9 Å². The number of aromatic nitrogens is 1. The SMILES string of the molecule is CC(C)(C)OC(=O)N1CCC(C#Cc2cccc3c(O)n(C4CCC(O)NC4O)c(O)c23)CC1. The second kappa shape index (κ2) is 9.37. The number of nitrogens with one attached hydrogen (secondary N) is 1. The smallest absolute Gasteiger partial charge is 0.410 e. The van der Waals surface area contributed by atoms with Crippen LogP contribution < -0.4 is 5.32 Å². The van der Waals surface area contributed by atoms with Crippen molar-refractivity contribution >= 4 is 16.9 Å². The van der Waals surface area contributed by atoms with E-state index in [1.807, 2.05) is 20.8 Å². The minimum absolute atomic E-state index is 0.0950. The second-order valence-electron chi connectivity index (χ2n) is 10.0. The van der Waals surface area contributed by atoms with Gasteiger partial charge in [0.05, 0.1) is 11.4 Å². The predicted molar refractivity (Wildman–Crippen MR) is 126 cm³/mol. The Balaban J connectivity index is 1.53. The number of ether oxygens (including phenoxy) is 1. The molecule has 2 aliphatic heterocycles. The molecule has 1 amide bonds. The van der Waals surface area contributed by atoms with Crippen molar-refractivity contribution < 1.29 is 30.0 Å². The molecule has 9 heteroatoms. The number of aliphatic hydroxyl groups excluding tert-OH is 2. The zero-order valence-corrected chi connectivity index (χ0v) is 19.8. The molecule has 3 unspecified atom stereocenters. The molecule has 0 bridgehead atoms. The lowest BCUT2D eigenvalue weighted by Crippen LogP contribution is -2.47. The Labute approximate surface area is 198 Å². The van der Waals surface area contributed by atoms with E-state index in [2.05, 4.69) is 17.2 Å². The van der Waals surface area contributed by atoms with E-state index in [0.29, 0.717) is 42.3 Å². The van der Waals surface area contributed by atoms with Crippen molar-refractivity contribution in [3.63, 3.8) is 0 Å². The summed E-state index contributed by atoms with van der Waals surface area (Å²) in [5, 5.41) is 45.4. The normalized spacial score (nSPS) is 24.0. The highest BCUT2D eigenvalue weighted by atomic mass is 16.6. The highest BCUT2D eigenvalue weighted by Crippen LogP contribution is 2.43. The van der Waals surface area contributed by atoms with E-state index in [-0.39, 0.29) is 23.8 Å². The summed E-state index contributed by atoms with van der Waals surface area (Å²) in [6, 6.07) is 4.62. The Bertz CT molecular complexity index is 1120. The fourth-order valence-electron chi connectivity index (χ4n) is 4.61. The van der Waals surface area contributed by atoms with E-state index < -0.39 is 24.1 Å². The number of aliphatic hydroxyl groups is 2. The molecule has 0 radical (unpaired) electrons. The number of likely N-dealkylation sites (tertiary alicyclic amines) is 1. The quantitative estimate of drug-likeness (QED) is 0.405. The Morgan fingerprint density at radius 2 is 1.79 bits per heavy atom. The third kappa shape index (κ3) is 4.94. The molecule has 3 atom stereocenters. The lowest BCUT2D eigenvalue weighted by Gasteiger charge is -2.33. The summed E-state index contributed by atoms with van der Waals surface area (Å²) in [5.41, 5.74) is 0.0526. The van der Waals surface area contributed by atoms with Crippen LogP contribution >= 0.6 is 0 Å². The van der Waals surface area contributed by atoms with Gasteiger partial charge in [0.15, 0.2) is 0 Å². The number of piperidine rings is 2. The summed E-state index contributed by atoms with van der Waals surface area (Å²) >= 11 is 0. The van der Waals surface area contributed by atoms with Crippen LogP contribution in [-0.2, 0) is 4.74 Å². The molecule has 2 aromatic rings. The molecule has 2 aliphatic rings. The summed E-state index contributed by atoms with van der Waals surface area (Å²) in [6.07, 6.45) is -0.0442. The van der Waals surface area contributed by atoms with Crippen molar-refractivity contribution in [2.75, 3.05) is 13.1 Å². The van der Waals surface area contributed by atoms with Crippen molar-refractivity contribution in [3.05, 3.63) is 23.8 Å². The van der Waals surface area contributed by atoms with E-state index in [9.17, 15) is 25.2 Å². The van der Waals surface area contributed by atoms with E-state index >= 15 is 0 Å². The highest BCUT2D eigenvalue weighted by molar-refractivity contribution is 5.97. The van der Waals surface area contributed by atoms with Crippen LogP contribution in [0.15, 0.2) is 18.2 Å². The summed E-state index contributed by atoms with van der Waals surface area (Å²) < 4.78 is 6.75. The topological polar surface area (TPSA) is 127 Å². The van der Waals surface area contributed by atoms with Crippen LogP contribution in [0.4, 0.5) is 4.79 Å². The molecule has 2 saturated heterocycles. The fourth-order valence-corrected chi connectivity index (χ4v) is 4.61. The number of amides is 1. The van der Waals surface area contributed by atoms with Gasteiger partial charge in [-0.3, -0.25) is 9.88 Å². The standard InChI is InChI=1S/C25H33N3O6/c1-25(2,3)34-24(33)27-13-11-15(12-14-27)7-8-16-5-4-6-17-20(16)23(32)28(22(17)31)18-9-10-19(29)26-21(18)30/h4-6,15,18-19,21,26,29-32H,9-14H2,1-3H3. The number of hydrogen-bond donors (Lipinski definition) is 5. The monoisotopic (exact) mass is 471 g/mol. The van der Waals surface area contributed by atoms with Crippen molar-refractivity contribution in [3.8, 4) is 23.6 Å². The molecule has 1 aromatic carbocycles. The first kappa shape index (κ1) is 24.2. The summed E-state index contributed by atoms with van der Waals surface area (Å²) in [4.78, 5) is 14.0. The molecule has 5 N–H and O–H groups in total. The first-order chi connectivity index (χ1) is 16.0. The number of benzene rings is 1. The fraction of sp³-hybridized carbons (Fsp3) is 0.560. The van der Waals surface area contributed by atoms with Crippen LogP contribution in [0.2, 0.25) is 0 Å². The van der Waals surface area contributed by atoms with Gasteiger partial charge in [0.25, 0.3) is 0 Å². The first-order valence-corrected chi connectivity index (χ1v) is 11.7. The van der Waals surface area contributed by atoms with Crippen molar-refractivity contribution in [1.82, 2.24) is 14.8 Å². The number of carbonyl (C=O) groups excluding carboxylic acids is 1. The van der Waals surface area contributed by atoms with Crippen molar-refractivity contribution in [1.29, 1.82) is 0 Å². The largest absolute Gasteiger partial charge is 0.494 e. The number of carbonyl (C=O) groups is 1. The van der Waals surface area contributed by atoms with E-state index in [4.69, 9.17) is 4.74 Å². The van der Waals surface area contributed by atoms with Crippen LogP contribution in [0, 0.1) is 17.8 Å². The lowest BCUT2D eigenvalue weighted by atomic mass is 9.97. The van der Waals surface area contributed by atoms with Gasteiger partial charge < -0.3 is 30.1 Å². The van der Waals surface area contributed by atoms with Gasteiger partial charge in [-0.25, -0.2) is 4.79 Å². The van der Waals surface area contributed by atoms with Gasteiger partial charge in [-0.15, -0.1) is 0 Å². The number of aromatic hydroxyl groups is 2. The molecular weight excluding hydrogens is 438 g/mol. The van der Waals surface area contributed by atoms with E-state index in [1.165, 1.54) is 4.57 Å². The number of rotatable bonds is 1. The Kier molecular flexibility index (Phi) is 6.67. The van der Waals surface area contributed by atoms with Crippen LogP contribution in [0.25, 0.3) is 10.8 Å². The maximum absolute atomic E-state index is 12.3. The molecule has 3 heterocycles. The second-order valence-corrected chi connectivity index (χ2v) is 10.0. The van der Waals surface area contributed by atoms with Gasteiger partial charge >= 0.3 is 6.09 Å². The third-order valence-electron chi connectivity index (χ3n) is 6.34. The van der Waals surface area contributed by atoms with E-state index in [0.717, 1.165) is 12.8 Å². The van der Waals surface area contributed by atoms with Gasteiger partial charge in [0.1, 0.15) is 18.1 Å². The first-order valence-electron chi connectivity index (χ1n) is 11.7. The Morgan fingerprint density at radius 1 is 1.09 bits per heavy atom. The third-order valence-corrected chi connectivity index (χ3v) is 6.34. The molecule has 34 heavy (non-hydrogen) atoms. The van der Waals surface area contributed by atoms with Crippen LogP contribution in [0.1, 0.15) is 58.1 Å². The van der Waals surface area contributed by atoms with Crippen molar-refractivity contribution in [2.24, 2.45) is 5.92 Å².